The standard InChI is InChI=1S/C13H21NO2/c1-9-5-6-11(14)10(2)12(9)16-8-7-13(3,4)15/h5-6,15H,7-8,14H2,1-4H3. The van der Waals surface area contributed by atoms with Gasteiger partial charge < -0.3 is 15.6 Å². The lowest BCUT2D eigenvalue weighted by atomic mass is 10.1. The summed E-state index contributed by atoms with van der Waals surface area (Å²) in [5.41, 5.74) is 7.91. The van der Waals surface area contributed by atoms with Gasteiger partial charge in [0, 0.05) is 17.7 Å². The number of aliphatic hydroxyl groups is 1. The Labute approximate surface area is 97.2 Å². The van der Waals surface area contributed by atoms with Crippen molar-refractivity contribution >= 4 is 5.69 Å². The van der Waals surface area contributed by atoms with Crippen LogP contribution in [0.1, 0.15) is 31.4 Å². The van der Waals surface area contributed by atoms with Gasteiger partial charge in [-0.05, 0) is 39.3 Å². The largest absolute Gasteiger partial charge is 0.493 e. The lowest BCUT2D eigenvalue weighted by Crippen LogP contribution is -2.22. The average Bonchev–Trinajstić information content (AvgIpc) is 2.16. The predicted octanol–water partition coefficient (Wildman–Crippen LogP) is 2.43. The summed E-state index contributed by atoms with van der Waals surface area (Å²) in [6, 6.07) is 3.83. The van der Waals surface area contributed by atoms with Crippen molar-refractivity contribution in [2.24, 2.45) is 0 Å². The summed E-state index contributed by atoms with van der Waals surface area (Å²) in [5, 5.41) is 9.58. The minimum absolute atomic E-state index is 0.495. The lowest BCUT2D eigenvalue weighted by Gasteiger charge is -2.19. The van der Waals surface area contributed by atoms with E-state index in [-0.39, 0.29) is 0 Å². The number of hydrogen-bond acceptors (Lipinski definition) is 3. The first kappa shape index (κ1) is 12.8. The highest BCUT2D eigenvalue weighted by atomic mass is 16.5. The molecule has 90 valence electrons. The van der Waals surface area contributed by atoms with E-state index in [0.29, 0.717) is 13.0 Å². The van der Waals surface area contributed by atoms with E-state index in [0.717, 1.165) is 22.6 Å². The van der Waals surface area contributed by atoms with Gasteiger partial charge >= 0.3 is 0 Å². The van der Waals surface area contributed by atoms with Crippen LogP contribution in [-0.4, -0.2) is 17.3 Å². The number of nitrogen functional groups attached to an aromatic ring is 1. The number of anilines is 1. The molecule has 0 bridgehead atoms. The van der Waals surface area contributed by atoms with Crippen LogP contribution in [0.25, 0.3) is 0 Å². The second kappa shape index (κ2) is 4.74. The minimum Gasteiger partial charge on any atom is -0.493 e. The molecule has 0 saturated carbocycles. The van der Waals surface area contributed by atoms with Crippen molar-refractivity contribution in [2.45, 2.75) is 39.7 Å². The summed E-state index contributed by atoms with van der Waals surface area (Å²) >= 11 is 0. The predicted molar refractivity (Wildman–Crippen MR) is 66.7 cm³/mol. The topological polar surface area (TPSA) is 55.5 Å². The molecule has 3 heteroatoms. The van der Waals surface area contributed by atoms with Crippen LogP contribution >= 0.6 is 0 Å². The number of ether oxygens (including phenoxy) is 1. The van der Waals surface area contributed by atoms with Crippen molar-refractivity contribution in [3.63, 3.8) is 0 Å². The normalized spacial score (nSPS) is 11.6. The summed E-state index contributed by atoms with van der Waals surface area (Å²) in [7, 11) is 0. The number of hydrogen-bond donors (Lipinski definition) is 2. The molecule has 0 aliphatic rings. The molecule has 0 aromatic heterocycles. The Morgan fingerprint density at radius 3 is 2.50 bits per heavy atom. The van der Waals surface area contributed by atoms with Gasteiger partial charge in [0.25, 0.3) is 0 Å². The van der Waals surface area contributed by atoms with Gasteiger partial charge in [0.05, 0.1) is 12.2 Å². The highest BCUT2D eigenvalue weighted by Crippen LogP contribution is 2.28. The maximum Gasteiger partial charge on any atom is 0.127 e. The van der Waals surface area contributed by atoms with Gasteiger partial charge in [0.15, 0.2) is 0 Å². The van der Waals surface area contributed by atoms with Crippen molar-refractivity contribution in [3.8, 4) is 5.75 Å². The molecule has 0 spiro atoms. The summed E-state index contributed by atoms with van der Waals surface area (Å²) in [5.74, 6) is 0.837. The molecule has 1 aromatic carbocycles. The van der Waals surface area contributed by atoms with Crippen molar-refractivity contribution < 1.29 is 9.84 Å². The molecule has 16 heavy (non-hydrogen) atoms. The fraction of sp³-hybridized carbons (Fsp3) is 0.538. The number of benzene rings is 1. The van der Waals surface area contributed by atoms with Crippen molar-refractivity contribution in [2.75, 3.05) is 12.3 Å². The Kier molecular flexibility index (Phi) is 3.81. The smallest absolute Gasteiger partial charge is 0.127 e. The van der Waals surface area contributed by atoms with Crippen molar-refractivity contribution in [1.82, 2.24) is 0 Å². The van der Waals surface area contributed by atoms with Gasteiger partial charge in [-0.15, -0.1) is 0 Å². The number of nitrogens with two attached hydrogens (primary N) is 1. The lowest BCUT2D eigenvalue weighted by molar-refractivity contribution is 0.0551. The molecule has 0 fully saturated rings. The van der Waals surface area contributed by atoms with Crippen LogP contribution < -0.4 is 10.5 Å². The monoisotopic (exact) mass is 223 g/mol. The molecule has 1 aromatic rings. The van der Waals surface area contributed by atoms with Gasteiger partial charge in [0.2, 0.25) is 0 Å². The molecule has 3 N–H and O–H groups in total. The molecule has 0 atom stereocenters. The summed E-state index contributed by atoms with van der Waals surface area (Å²) in [4.78, 5) is 0. The molecule has 0 amide bonds. The highest BCUT2D eigenvalue weighted by Gasteiger charge is 2.13. The van der Waals surface area contributed by atoms with Crippen LogP contribution in [0.15, 0.2) is 12.1 Å². The van der Waals surface area contributed by atoms with Gasteiger partial charge in [-0.1, -0.05) is 6.07 Å². The highest BCUT2D eigenvalue weighted by molar-refractivity contribution is 5.56. The molecule has 0 heterocycles. The van der Waals surface area contributed by atoms with Gasteiger partial charge in [0.1, 0.15) is 5.75 Å². The Bertz CT molecular complexity index is 367. The van der Waals surface area contributed by atoms with Crippen molar-refractivity contribution in [3.05, 3.63) is 23.3 Å². The maximum absolute atomic E-state index is 9.58. The quantitative estimate of drug-likeness (QED) is 0.771. The zero-order valence-corrected chi connectivity index (χ0v) is 10.5. The van der Waals surface area contributed by atoms with Crippen LogP contribution in [0.3, 0.4) is 0 Å². The molecular weight excluding hydrogens is 202 g/mol. The Hall–Kier alpha value is -1.22. The van der Waals surface area contributed by atoms with E-state index in [1.165, 1.54) is 0 Å². The average molecular weight is 223 g/mol. The third-order valence-electron chi connectivity index (χ3n) is 2.60. The molecular formula is C13H21NO2. The van der Waals surface area contributed by atoms with Crippen LogP contribution in [0, 0.1) is 13.8 Å². The molecule has 0 saturated heterocycles. The van der Waals surface area contributed by atoms with E-state index in [1.54, 1.807) is 13.8 Å². The second-order valence-electron chi connectivity index (χ2n) is 4.84. The zero-order valence-electron chi connectivity index (χ0n) is 10.5. The van der Waals surface area contributed by atoms with Gasteiger partial charge in [-0.2, -0.15) is 0 Å². The number of rotatable bonds is 4. The van der Waals surface area contributed by atoms with Crippen LogP contribution in [-0.2, 0) is 0 Å². The molecule has 0 unspecified atom stereocenters. The fourth-order valence-corrected chi connectivity index (χ4v) is 1.47. The molecule has 3 nitrogen and oxygen atoms in total. The van der Waals surface area contributed by atoms with E-state index in [4.69, 9.17) is 10.5 Å². The van der Waals surface area contributed by atoms with Crippen molar-refractivity contribution in [1.29, 1.82) is 0 Å². The summed E-state index contributed by atoms with van der Waals surface area (Å²) in [6.45, 7) is 7.98. The zero-order chi connectivity index (χ0) is 12.3. The van der Waals surface area contributed by atoms with Crippen LogP contribution in [0.5, 0.6) is 5.75 Å². The van der Waals surface area contributed by atoms with E-state index in [9.17, 15) is 5.11 Å². The first-order valence-electron chi connectivity index (χ1n) is 5.52. The van der Waals surface area contributed by atoms with E-state index in [2.05, 4.69) is 0 Å². The maximum atomic E-state index is 9.58. The summed E-state index contributed by atoms with van der Waals surface area (Å²) < 4.78 is 5.68. The third kappa shape index (κ3) is 3.42. The molecule has 0 aliphatic carbocycles. The first-order valence-corrected chi connectivity index (χ1v) is 5.52. The summed E-state index contributed by atoms with van der Waals surface area (Å²) in [6.07, 6.45) is 0.598. The Balaban J connectivity index is 2.71. The van der Waals surface area contributed by atoms with E-state index < -0.39 is 5.60 Å². The van der Waals surface area contributed by atoms with E-state index in [1.807, 2.05) is 26.0 Å². The molecule has 1 rings (SSSR count). The Morgan fingerprint density at radius 1 is 1.31 bits per heavy atom. The molecule has 0 aliphatic heterocycles. The van der Waals surface area contributed by atoms with Crippen LogP contribution in [0.2, 0.25) is 0 Å². The minimum atomic E-state index is -0.692. The second-order valence-corrected chi connectivity index (χ2v) is 4.84. The van der Waals surface area contributed by atoms with Crippen LogP contribution in [0.4, 0.5) is 5.69 Å². The van der Waals surface area contributed by atoms with Gasteiger partial charge in [-0.3, -0.25) is 0 Å². The Morgan fingerprint density at radius 2 is 1.94 bits per heavy atom. The molecule has 0 radical (unpaired) electrons. The number of aryl methyl sites for hydroxylation is 1. The first-order chi connectivity index (χ1) is 7.31. The van der Waals surface area contributed by atoms with Gasteiger partial charge in [-0.25, -0.2) is 0 Å². The SMILES string of the molecule is Cc1ccc(N)c(C)c1OCCC(C)(C)O. The fourth-order valence-electron chi connectivity index (χ4n) is 1.47. The third-order valence-corrected chi connectivity index (χ3v) is 2.60. The van der Waals surface area contributed by atoms with E-state index >= 15 is 0 Å².